The van der Waals surface area contributed by atoms with Crippen molar-refractivity contribution in [3.8, 4) is 0 Å². The molecule has 3 aromatic rings. The molecule has 1 aliphatic rings. The number of aromatic nitrogens is 4. The van der Waals surface area contributed by atoms with E-state index < -0.39 is 0 Å². The van der Waals surface area contributed by atoms with Gasteiger partial charge in [0.25, 0.3) is 0 Å². The molecule has 3 N–H and O–H groups in total. The van der Waals surface area contributed by atoms with E-state index in [0.717, 1.165) is 31.4 Å². The third-order valence-corrected chi connectivity index (χ3v) is 4.35. The van der Waals surface area contributed by atoms with Gasteiger partial charge in [-0.3, -0.25) is 0 Å². The minimum Gasteiger partial charge on any atom is -0.382 e. The summed E-state index contributed by atoms with van der Waals surface area (Å²) in [7, 11) is 0. The van der Waals surface area contributed by atoms with Crippen molar-refractivity contribution in [2.24, 2.45) is 0 Å². The predicted octanol–water partition coefficient (Wildman–Crippen LogP) is 2.64. The topological polar surface area (TPSA) is 89.7 Å². The molecule has 1 saturated heterocycles. The lowest BCUT2D eigenvalue weighted by atomic mass is 9.88. The quantitative estimate of drug-likeness (QED) is 0.776. The fraction of sp³-hybridized carbons (Fsp3) is 0.353. The van der Waals surface area contributed by atoms with E-state index in [4.69, 9.17) is 10.5 Å². The van der Waals surface area contributed by atoms with Crippen LogP contribution in [0.2, 0.25) is 0 Å². The van der Waals surface area contributed by atoms with Gasteiger partial charge in [-0.1, -0.05) is 30.3 Å². The maximum Gasteiger partial charge on any atom is 0.183 e. The first kappa shape index (κ1) is 14.1. The molecule has 0 aliphatic carbocycles. The van der Waals surface area contributed by atoms with Gasteiger partial charge in [0, 0.05) is 6.61 Å². The largest absolute Gasteiger partial charge is 0.382 e. The molecule has 118 valence electrons. The lowest BCUT2D eigenvalue weighted by Gasteiger charge is -2.30. The van der Waals surface area contributed by atoms with Gasteiger partial charge in [-0.05, 0) is 24.8 Å². The number of fused-ring (bicyclic) bond motifs is 1. The Morgan fingerprint density at radius 1 is 1.17 bits per heavy atom. The molecule has 0 radical (unpaired) electrons. The molecule has 1 aliphatic heterocycles. The van der Waals surface area contributed by atoms with Gasteiger partial charge in [-0.2, -0.15) is 0 Å². The Morgan fingerprint density at radius 3 is 2.83 bits per heavy atom. The van der Waals surface area contributed by atoms with E-state index in [-0.39, 0.29) is 12.0 Å². The van der Waals surface area contributed by atoms with Crippen LogP contribution in [0, 0.1) is 0 Å². The van der Waals surface area contributed by atoms with Crippen molar-refractivity contribution >= 4 is 17.0 Å². The number of nitrogen functional groups attached to an aromatic ring is 1. The molecule has 23 heavy (non-hydrogen) atoms. The Labute approximate surface area is 134 Å². The summed E-state index contributed by atoms with van der Waals surface area (Å²) in [4.78, 5) is 16.4. The van der Waals surface area contributed by atoms with Crippen molar-refractivity contribution < 1.29 is 4.74 Å². The minimum atomic E-state index is -0.0279. The number of imidazole rings is 1. The van der Waals surface area contributed by atoms with Gasteiger partial charge < -0.3 is 15.5 Å². The average Bonchev–Trinajstić information content (AvgIpc) is 3.06. The smallest absolute Gasteiger partial charge is 0.183 e. The Kier molecular flexibility index (Phi) is 3.67. The lowest BCUT2D eigenvalue weighted by Crippen LogP contribution is -2.28. The minimum absolute atomic E-state index is 0.0279. The SMILES string of the molecule is Nc1nc(C(c2ccccc2)C2CCCCO2)nc2nc[nH]c12. The van der Waals surface area contributed by atoms with Crippen LogP contribution >= 0.6 is 0 Å². The van der Waals surface area contributed by atoms with Crippen molar-refractivity contribution in [1.29, 1.82) is 0 Å². The van der Waals surface area contributed by atoms with Crippen LogP contribution in [0.15, 0.2) is 36.7 Å². The van der Waals surface area contributed by atoms with Crippen LogP contribution in [-0.2, 0) is 4.74 Å². The van der Waals surface area contributed by atoms with Crippen LogP contribution in [-0.4, -0.2) is 32.6 Å². The molecule has 1 aromatic carbocycles. The van der Waals surface area contributed by atoms with Gasteiger partial charge >= 0.3 is 0 Å². The molecule has 0 spiro atoms. The van der Waals surface area contributed by atoms with E-state index in [0.29, 0.717) is 22.8 Å². The summed E-state index contributed by atoms with van der Waals surface area (Å²) in [5.41, 5.74) is 8.52. The van der Waals surface area contributed by atoms with E-state index in [2.05, 4.69) is 32.1 Å². The summed E-state index contributed by atoms with van der Waals surface area (Å²) in [6.07, 6.45) is 4.94. The summed E-state index contributed by atoms with van der Waals surface area (Å²) < 4.78 is 6.03. The van der Waals surface area contributed by atoms with Gasteiger partial charge in [0.1, 0.15) is 11.3 Å². The Hall–Kier alpha value is -2.47. The highest BCUT2D eigenvalue weighted by atomic mass is 16.5. The van der Waals surface area contributed by atoms with Crippen molar-refractivity contribution in [1.82, 2.24) is 19.9 Å². The molecule has 2 unspecified atom stereocenters. The van der Waals surface area contributed by atoms with E-state index in [1.54, 1.807) is 6.33 Å². The van der Waals surface area contributed by atoms with E-state index >= 15 is 0 Å². The van der Waals surface area contributed by atoms with Crippen LogP contribution in [0.3, 0.4) is 0 Å². The summed E-state index contributed by atoms with van der Waals surface area (Å²) in [5.74, 6) is 1.08. The van der Waals surface area contributed by atoms with Gasteiger partial charge in [-0.25, -0.2) is 15.0 Å². The molecule has 6 heteroatoms. The fourth-order valence-corrected chi connectivity index (χ4v) is 3.23. The highest BCUT2D eigenvalue weighted by Gasteiger charge is 2.30. The average molecular weight is 309 g/mol. The summed E-state index contributed by atoms with van der Waals surface area (Å²) >= 11 is 0. The number of benzene rings is 1. The Balaban J connectivity index is 1.82. The molecule has 6 nitrogen and oxygen atoms in total. The number of ether oxygens (including phenoxy) is 1. The van der Waals surface area contributed by atoms with Gasteiger partial charge in [-0.15, -0.1) is 0 Å². The maximum absolute atomic E-state index is 6.08. The summed E-state index contributed by atoms with van der Waals surface area (Å²) in [6.45, 7) is 0.786. The first-order chi connectivity index (χ1) is 11.3. The zero-order valence-electron chi connectivity index (χ0n) is 12.8. The van der Waals surface area contributed by atoms with Gasteiger partial charge in [0.2, 0.25) is 0 Å². The van der Waals surface area contributed by atoms with E-state index in [9.17, 15) is 0 Å². The summed E-state index contributed by atoms with van der Waals surface area (Å²) in [6, 6.07) is 10.3. The number of hydrogen-bond acceptors (Lipinski definition) is 5. The van der Waals surface area contributed by atoms with Crippen molar-refractivity contribution in [3.05, 3.63) is 48.0 Å². The predicted molar refractivity (Wildman–Crippen MR) is 88.0 cm³/mol. The monoisotopic (exact) mass is 309 g/mol. The number of nitrogens with zero attached hydrogens (tertiary/aromatic N) is 3. The number of H-pyrrole nitrogens is 1. The second kappa shape index (κ2) is 5.96. The number of anilines is 1. The van der Waals surface area contributed by atoms with Crippen molar-refractivity contribution in [2.45, 2.75) is 31.3 Å². The van der Waals surface area contributed by atoms with Crippen LogP contribution in [0.5, 0.6) is 0 Å². The molecule has 0 amide bonds. The fourth-order valence-electron chi connectivity index (χ4n) is 3.23. The maximum atomic E-state index is 6.08. The number of rotatable bonds is 3. The summed E-state index contributed by atoms with van der Waals surface area (Å²) in [5, 5.41) is 0. The van der Waals surface area contributed by atoms with Gasteiger partial charge in [0.15, 0.2) is 11.5 Å². The van der Waals surface area contributed by atoms with Crippen LogP contribution in [0.4, 0.5) is 5.82 Å². The van der Waals surface area contributed by atoms with Gasteiger partial charge in [0.05, 0.1) is 18.3 Å². The zero-order valence-corrected chi connectivity index (χ0v) is 12.8. The van der Waals surface area contributed by atoms with Crippen LogP contribution in [0.25, 0.3) is 11.2 Å². The van der Waals surface area contributed by atoms with E-state index in [1.807, 2.05) is 18.2 Å². The molecular formula is C17H19N5O. The van der Waals surface area contributed by atoms with Crippen LogP contribution < -0.4 is 5.73 Å². The highest BCUT2D eigenvalue weighted by Crippen LogP contribution is 2.33. The number of hydrogen-bond donors (Lipinski definition) is 2. The third-order valence-electron chi connectivity index (χ3n) is 4.35. The van der Waals surface area contributed by atoms with Crippen LogP contribution in [0.1, 0.15) is 36.6 Å². The second-order valence-electron chi connectivity index (χ2n) is 5.86. The third kappa shape index (κ3) is 2.66. The molecule has 2 atom stereocenters. The zero-order chi connectivity index (χ0) is 15.6. The Morgan fingerprint density at radius 2 is 2.04 bits per heavy atom. The molecule has 4 rings (SSSR count). The first-order valence-electron chi connectivity index (χ1n) is 7.96. The molecular weight excluding hydrogens is 290 g/mol. The standard InChI is InChI=1S/C17H19N5O/c18-15-14-17(20-10-19-14)22-16(21-15)13(11-6-2-1-3-7-11)12-8-4-5-9-23-12/h1-3,6-7,10,12-13H,4-5,8-9H2,(H3,18,19,20,21,22). The number of nitrogens with two attached hydrogens (primary N) is 1. The number of aromatic amines is 1. The Bertz CT molecular complexity index is 795. The van der Waals surface area contributed by atoms with E-state index in [1.165, 1.54) is 0 Å². The number of nitrogens with one attached hydrogen (secondary N) is 1. The van der Waals surface area contributed by atoms with Crippen molar-refractivity contribution in [2.75, 3.05) is 12.3 Å². The lowest BCUT2D eigenvalue weighted by molar-refractivity contribution is 0.00501. The molecule has 0 bridgehead atoms. The molecule has 3 heterocycles. The second-order valence-corrected chi connectivity index (χ2v) is 5.86. The first-order valence-corrected chi connectivity index (χ1v) is 7.96. The molecule has 1 fully saturated rings. The van der Waals surface area contributed by atoms with Crippen molar-refractivity contribution in [3.63, 3.8) is 0 Å². The highest BCUT2D eigenvalue weighted by molar-refractivity contribution is 5.80. The normalized spacial score (nSPS) is 19.7. The molecule has 2 aromatic heterocycles. The molecule has 0 saturated carbocycles.